The Hall–Kier alpha value is -2.96. The van der Waals surface area contributed by atoms with E-state index < -0.39 is 0 Å². The van der Waals surface area contributed by atoms with Gasteiger partial charge in [0.2, 0.25) is 0 Å². The molecule has 7 nitrogen and oxygen atoms in total. The predicted octanol–water partition coefficient (Wildman–Crippen LogP) is 2.66. The summed E-state index contributed by atoms with van der Waals surface area (Å²) in [7, 11) is 0. The third-order valence-corrected chi connectivity index (χ3v) is 5.03. The minimum absolute atomic E-state index is 0.194. The molecule has 3 aromatic rings. The number of anilines is 1. The van der Waals surface area contributed by atoms with Crippen molar-refractivity contribution in [3.63, 3.8) is 0 Å². The first-order valence-corrected chi connectivity index (χ1v) is 9.45. The van der Waals surface area contributed by atoms with Crippen LogP contribution in [-0.2, 0) is 0 Å². The van der Waals surface area contributed by atoms with Crippen LogP contribution in [0.4, 0.5) is 5.82 Å². The molecule has 0 spiro atoms. The van der Waals surface area contributed by atoms with Gasteiger partial charge in [0.1, 0.15) is 11.5 Å². The fourth-order valence-corrected chi connectivity index (χ4v) is 3.65. The van der Waals surface area contributed by atoms with Gasteiger partial charge in [0, 0.05) is 18.8 Å². The largest absolute Gasteiger partial charge is 0.370 e. The third-order valence-electron chi connectivity index (χ3n) is 5.03. The number of amides is 1. The van der Waals surface area contributed by atoms with Gasteiger partial charge in [-0.05, 0) is 44.4 Å². The van der Waals surface area contributed by atoms with E-state index in [9.17, 15) is 9.59 Å². The number of pyridine rings is 2. The molecule has 27 heavy (non-hydrogen) atoms. The van der Waals surface area contributed by atoms with Gasteiger partial charge in [-0.2, -0.15) is 0 Å². The van der Waals surface area contributed by atoms with Crippen molar-refractivity contribution >= 4 is 28.4 Å². The van der Waals surface area contributed by atoms with Gasteiger partial charge in [-0.25, -0.2) is 9.97 Å². The van der Waals surface area contributed by atoms with E-state index in [0.29, 0.717) is 34.6 Å². The molecule has 0 unspecified atom stereocenters. The first kappa shape index (κ1) is 17.5. The van der Waals surface area contributed by atoms with Crippen molar-refractivity contribution in [3.05, 3.63) is 45.9 Å². The fraction of sp³-hybridized carbons (Fsp3) is 0.400. The molecule has 1 amide bonds. The molecule has 7 heteroatoms. The van der Waals surface area contributed by atoms with Crippen LogP contribution >= 0.6 is 0 Å². The summed E-state index contributed by atoms with van der Waals surface area (Å²) >= 11 is 0. The zero-order chi connectivity index (χ0) is 19.0. The maximum absolute atomic E-state index is 13.0. The SMILES string of the molecule is CCNc1nc2nc3ccc(C)cn3c(=O)c2cc1C(=O)NC1CCCC1. The second kappa shape index (κ2) is 6.98. The molecule has 4 rings (SSSR count). The van der Waals surface area contributed by atoms with E-state index >= 15 is 0 Å². The highest BCUT2D eigenvalue weighted by molar-refractivity contribution is 6.02. The lowest BCUT2D eigenvalue weighted by Crippen LogP contribution is -2.33. The van der Waals surface area contributed by atoms with Gasteiger partial charge < -0.3 is 10.6 Å². The highest BCUT2D eigenvalue weighted by atomic mass is 16.2. The van der Waals surface area contributed by atoms with Crippen LogP contribution in [0.15, 0.2) is 29.2 Å². The van der Waals surface area contributed by atoms with Crippen LogP contribution in [0.5, 0.6) is 0 Å². The summed E-state index contributed by atoms with van der Waals surface area (Å²) in [5.41, 5.74) is 2.02. The summed E-state index contributed by atoms with van der Waals surface area (Å²) in [5.74, 6) is 0.268. The third kappa shape index (κ3) is 3.25. The Labute approximate surface area is 156 Å². The van der Waals surface area contributed by atoms with E-state index in [1.165, 1.54) is 4.40 Å². The number of carbonyl (C=O) groups excluding carboxylic acids is 1. The second-order valence-corrected chi connectivity index (χ2v) is 7.09. The summed E-state index contributed by atoms with van der Waals surface area (Å²) < 4.78 is 1.50. The smallest absolute Gasteiger partial charge is 0.267 e. The van der Waals surface area contributed by atoms with Crippen LogP contribution < -0.4 is 16.2 Å². The lowest BCUT2D eigenvalue weighted by atomic mass is 10.1. The molecular weight excluding hydrogens is 342 g/mol. The van der Waals surface area contributed by atoms with Crippen LogP contribution in [0.2, 0.25) is 0 Å². The zero-order valence-electron chi connectivity index (χ0n) is 15.6. The van der Waals surface area contributed by atoms with Crippen LogP contribution in [0, 0.1) is 6.92 Å². The molecule has 3 aromatic heterocycles. The van der Waals surface area contributed by atoms with Gasteiger partial charge in [0.25, 0.3) is 11.5 Å². The van der Waals surface area contributed by atoms with Gasteiger partial charge >= 0.3 is 0 Å². The highest BCUT2D eigenvalue weighted by Gasteiger charge is 2.22. The van der Waals surface area contributed by atoms with Crippen LogP contribution in [-0.4, -0.2) is 32.9 Å². The summed E-state index contributed by atoms with van der Waals surface area (Å²) in [6, 6.07) is 5.52. The molecule has 140 valence electrons. The Kier molecular flexibility index (Phi) is 4.51. The van der Waals surface area contributed by atoms with Crippen molar-refractivity contribution in [2.45, 2.75) is 45.6 Å². The monoisotopic (exact) mass is 365 g/mol. The Morgan fingerprint density at radius 2 is 2.04 bits per heavy atom. The normalized spacial score (nSPS) is 14.7. The van der Waals surface area contributed by atoms with Crippen LogP contribution in [0.1, 0.15) is 48.5 Å². The lowest BCUT2D eigenvalue weighted by molar-refractivity contribution is 0.0938. The molecule has 0 radical (unpaired) electrons. The minimum Gasteiger partial charge on any atom is -0.370 e. The topological polar surface area (TPSA) is 88.4 Å². The van der Waals surface area contributed by atoms with Gasteiger partial charge in [-0.3, -0.25) is 14.0 Å². The second-order valence-electron chi connectivity index (χ2n) is 7.09. The number of rotatable bonds is 4. The quantitative estimate of drug-likeness (QED) is 0.694. The number of hydrogen-bond acceptors (Lipinski definition) is 5. The molecule has 1 aliphatic rings. The molecular formula is C20H23N5O2. The van der Waals surface area contributed by atoms with Crippen molar-refractivity contribution in [2.75, 3.05) is 11.9 Å². The van der Waals surface area contributed by atoms with Gasteiger partial charge in [0.15, 0.2) is 5.65 Å². The van der Waals surface area contributed by atoms with Gasteiger partial charge in [-0.15, -0.1) is 0 Å². The maximum atomic E-state index is 13.0. The van der Waals surface area contributed by atoms with Crippen LogP contribution in [0.25, 0.3) is 16.7 Å². The molecule has 0 saturated heterocycles. The van der Waals surface area contributed by atoms with Crippen molar-refractivity contribution in [2.24, 2.45) is 0 Å². The first-order chi connectivity index (χ1) is 13.1. The highest BCUT2D eigenvalue weighted by Crippen LogP contribution is 2.21. The zero-order valence-corrected chi connectivity index (χ0v) is 15.6. The van der Waals surface area contributed by atoms with Crippen molar-refractivity contribution < 1.29 is 4.79 Å². The van der Waals surface area contributed by atoms with Gasteiger partial charge in [-0.1, -0.05) is 18.9 Å². The number of carbonyl (C=O) groups is 1. The molecule has 1 saturated carbocycles. The average molecular weight is 365 g/mol. The lowest BCUT2D eigenvalue weighted by Gasteiger charge is -2.15. The number of aromatic nitrogens is 3. The molecule has 0 aromatic carbocycles. The van der Waals surface area contributed by atoms with E-state index in [4.69, 9.17) is 0 Å². The number of hydrogen-bond donors (Lipinski definition) is 2. The summed E-state index contributed by atoms with van der Waals surface area (Å²) in [4.78, 5) is 34.8. The summed E-state index contributed by atoms with van der Waals surface area (Å²) in [5, 5.41) is 6.55. The summed E-state index contributed by atoms with van der Waals surface area (Å²) in [6.07, 6.45) is 6.02. The number of nitrogens with one attached hydrogen (secondary N) is 2. The standard InChI is InChI=1S/C20H23N5O2/c1-3-21-17-14(19(26)22-13-6-4-5-7-13)10-15-18(24-17)23-16-9-8-12(2)11-25(16)20(15)27/h8-11,13H,3-7H2,1-2H3,(H,21,24)(H,22,26). The predicted molar refractivity (Wildman–Crippen MR) is 105 cm³/mol. The van der Waals surface area contributed by atoms with Crippen molar-refractivity contribution in [1.82, 2.24) is 19.7 Å². The molecule has 3 heterocycles. The molecule has 1 fully saturated rings. The molecule has 0 bridgehead atoms. The summed E-state index contributed by atoms with van der Waals surface area (Å²) in [6.45, 7) is 4.48. The van der Waals surface area contributed by atoms with E-state index in [2.05, 4.69) is 20.6 Å². The van der Waals surface area contributed by atoms with Crippen LogP contribution in [0.3, 0.4) is 0 Å². The Morgan fingerprint density at radius 1 is 1.26 bits per heavy atom. The van der Waals surface area contributed by atoms with Gasteiger partial charge in [0.05, 0.1) is 10.9 Å². The molecule has 2 N–H and O–H groups in total. The Balaban J connectivity index is 1.87. The van der Waals surface area contributed by atoms with Crippen molar-refractivity contribution in [3.8, 4) is 0 Å². The van der Waals surface area contributed by atoms with E-state index in [0.717, 1.165) is 31.2 Å². The van der Waals surface area contributed by atoms with E-state index in [-0.39, 0.29) is 17.5 Å². The average Bonchev–Trinajstić information content (AvgIpc) is 3.15. The van der Waals surface area contributed by atoms with E-state index in [1.807, 2.05) is 19.9 Å². The number of nitrogens with zero attached hydrogens (tertiary/aromatic N) is 3. The first-order valence-electron chi connectivity index (χ1n) is 9.45. The van der Waals surface area contributed by atoms with Crippen molar-refractivity contribution in [1.29, 1.82) is 0 Å². The molecule has 0 atom stereocenters. The number of aryl methyl sites for hydroxylation is 1. The number of fused-ring (bicyclic) bond motifs is 2. The maximum Gasteiger partial charge on any atom is 0.267 e. The molecule has 1 aliphatic carbocycles. The molecule has 0 aliphatic heterocycles. The minimum atomic E-state index is -0.218. The fourth-order valence-electron chi connectivity index (χ4n) is 3.65. The van der Waals surface area contributed by atoms with E-state index in [1.54, 1.807) is 18.3 Å². The Morgan fingerprint density at radius 3 is 2.78 bits per heavy atom. The Bertz CT molecular complexity index is 1080.